The van der Waals surface area contributed by atoms with Gasteiger partial charge in [-0.15, -0.1) is 0 Å². The number of carbonyl (C=O) groups is 1. The fourth-order valence-electron chi connectivity index (χ4n) is 4.33. The summed E-state index contributed by atoms with van der Waals surface area (Å²) in [5.41, 5.74) is 0.859. The summed E-state index contributed by atoms with van der Waals surface area (Å²) in [5.74, 6) is -0.174. The van der Waals surface area contributed by atoms with E-state index in [1.165, 1.54) is 17.9 Å². The van der Waals surface area contributed by atoms with Gasteiger partial charge in [0.05, 0.1) is 18.3 Å². The second kappa shape index (κ2) is 7.61. The third-order valence-corrected chi connectivity index (χ3v) is 5.45. The monoisotopic (exact) mass is 385 g/mol. The molecule has 3 rings (SSSR count). The van der Waals surface area contributed by atoms with Crippen LogP contribution in [0.1, 0.15) is 54.4 Å². The molecule has 0 aliphatic heterocycles. The molecule has 2 N–H and O–H groups in total. The van der Waals surface area contributed by atoms with Crippen molar-refractivity contribution in [2.45, 2.75) is 58.5 Å². The van der Waals surface area contributed by atoms with Crippen LogP contribution in [0, 0.1) is 13.8 Å². The third-order valence-electron chi connectivity index (χ3n) is 5.45. The van der Waals surface area contributed by atoms with Crippen molar-refractivity contribution in [3.05, 3.63) is 39.4 Å². The summed E-state index contributed by atoms with van der Waals surface area (Å²) in [6, 6.07) is 2.12. The van der Waals surface area contributed by atoms with Crippen molar-refractivity contribution in [3.8, 4) is 5.75 Å². The number of aromatic hydroxyl groups is 1. The maximum atomic E-state index is 12.1. The summed E-state index contributed by atoms with van der Waals surface area (Å²) in [6.45, 7) is 6.44. The number of aryl methyl sites for hydroxylation is 2. The van der Waals surface area contributed by atoms with Gasteiger partial charge in [0, 0.05) is 19.0 Å². The first-order chi connectivity index (χ1) is 13.3. The van der Waals surface area contributed by atoms with E-state index in [-0.39, 0.29) is 11.2 Å². The summed E-state index contributed by atoms with van der Waals surface area (Å²) >= 11 is 0. The number of amides is 1. The smallest absolute Gasteiger partial charge is 0.275 e. The number of nitrogens with zero attached hydrogens (tertiary/aromatic N) is 4. The quantitative estimate of drug-likeness (QED) is 0.772. The zero-order chi connectivity index (χ0) is 20.5. The molecule has 0 saturated heterocycles. The molecule has 0 bridgehead atoms. The van der Waals surface area contributed by atoms with Crippen LogP contribution < -0.4 is 10.7 Å². The standard InChI is InChI=1S/C20H27N5O3/c1-5-22-18-13(2)10-14(3)25(18)20(8-6-7-9-20)12-24-11-15(26)17(27)16(23-24)19(28)21-4/h5,10-11,26H,6-9,12H2,1-4H3,(H,21,28). The van der Waals surface area contributed by atoms with Crippen molar-refractivity contribution < 1.29 is 9.90 Å². The van der Waals surface area contributed by atoms with E-state index in [2.05, 4.69) is 33.0 Å². The lowest BCUT2D eigenvalue weighted by Gasteiger charge is -2.34. The molecule has 0 spiro atoms. The molecule has 150 valence electrons. The Balaban J connectivity index is 2.13. The van der Waals surface area contributed by atoms with Gasteiger partial charge >= 0.3 is 0 Å². The van der Waals surface area contributed by atoms with Gasteiger partial charge in [0.15, 0.2) is 11.4 Å². The highest BCUT2D eigenvalue weighted by molar-refractivity contribution is 5.92. The number of aliphatic imine (C=N–C) groups is 1. The van der Waals surface area contributed by atoms with E-state index in [0.29, 0.717) is 6.54 Å². The molecule has 0 aromatic carbocycles. The number of rotatable bonds is 5. The van der Waals surface area contributed by atoms with Crippen LogP contribution in [0.25, 0.3) is 0 Å². The number of carbonyl (C=O) groups excluding carboxylic acids is 1. The van der Waals surface area contributed by atoms with Gasteiger partial charge in [-0.2, -0.15) is 5.10 Å². The first kappa shape index (κ1) is 19.9. The Hall–Kier alpha value is -2.90. The normalized spacial score (nSPS) is 16.0. The molecule has 1 aliphatic carbocycles. The molecule has 1 saturated carbocycles. The summed E-state index contributed by atoms with van der Waals surface area (Å²) in [5, 5.41) is 16.7. The van der Waals surface area contributed by atoms with Crippen LogP contribution in [0.15, 0.2) is 22.1 Å². The fraction of sp³-hybridized carbons (Fsp3) is 0.500. The average molecular weight is 385 g/mol. The Kier molecular flexibility index (Phi) is 5.40. The van der Waals surface area contributed by atoms with Crippen LogP contribution in [0.2, 0.25) is 0 Å². The first-order valence-corrected chi connectivity index (χ1v) is 9.54. The summed E-state index contributed by atoms with van der Waals surface area (Å²) in [4.78, 5) is 28.7. The Labute approximate surface area is 163 Å². The minimum absolute atomic E-state index is 0.283. The highest BCUT2D eigenvalue weighted by atomic mass is 16.3. The molecule has 2 aromatic rings. The zero-order valence-electron chi connectivity index (χ0n) is 16.8. The average Bonchev–Trinajstić information content (AvgIpc) is 3.22. The van der Waals surface area contributed by atoms with Crippen LogP contribution in [-0.4, -0.2) is 38.6 Å². The van der Waals surface area contributed by atoms with Crippen LogP contribution in [-0.2, 0) is 12.1 Å². The number of aromatic nitrogens is 3. The molecule has 28 heavy (non-hydrogen) atoms. The first-order valence-electron chi connectivity index (χ1n) is 9.54. The lowest BCUT2D eigenvalue weighted by Crippen LogP contribution is -2.38. The minimum atomic E-state index is -0.764. The van der Waals surface area contributed by atoms with E-state index in [4.69, 9.17) is 0 Å². The van der Waals surface area contributed by atoms with Gasteiger partial charge in [0.2, 0.25) is 0 Å². The van der Waals surface area contributed by atoms with Crippen molar-refractivity contribution in [3.63, 3.8) is 0 Å². The molecule has 8 heteroatoms. The van der Waals surface area contributed by atoms with Crippen LogP contribution >= 0.6 is 0 Å². The van der Waals surface area contributed by atoms with Gasteiger partial charge in [0.1, 0.15) is 5.82 Å². The molecule has 2 heterocycles. The molecule has 1 fully saturated rings. The molecule has 8 nitrogen and oxygen atoms in total. The van der Waals surface area contributed by atoms with Gasteiger partial charge in [-0.25, -0.2) is 4.99 Å². The Morgan fingerprint density at radius 3 is 2.68 bits per heavy atom. The van der Waals surface area contributed by atoms with Gasteiger partial charge in [-0.3, -0.25) is 14.3 Å². The predicted molar refractivity (Wildman–Crippen MR) is 108 cm³/mol. The van der Waals surface area contributed by atoms with Gasteiger partial charge in [0.25, 0.3) is 11.3 Å². The molecular formula is C20H27N5O3. The minimum Gasteiger partial charge on any atom is -0.503 e. The van der Waals surface area contributed by atoms with Gasteiger partial charge in [-0.05, 0) is 45.2 Å². The Bertz CT molecular complexity index is 980. The number of hydrogen-bond donors (Lipinski definition) is 2. The lowest BCUT2D eigenvalue weighted by atomic mass is 9.96. The van der Waals surface area contributed by atoms with Crippen molar-refractivity contribution in [2.24, 2.45) is 4.99 Å². The van der Waals surface area contributed by atoms with Gasteiger partial charge in [-0.1, -0.05) is 12.8 Å². The second-order valence-electron chi connectivity index (χ2n) is 7.42. The third kappa shape index (κ3) is 3.34. The van der Waals surface area contributed by atoms with Crippen LogP contribution in [0.3, 0.4) is 0 Å². The highest BCUT2D eigenvalue weighted by Crippen LogP contribution is 2.43. The molecule has 2 aromatic heterocycles. The molecule has 0 atom stereocenters. The number of nitrogens with one attached hydrogen (secondary N) is 1. The van der Waals surface area contributed by atoms with Crippen molar-refractivity contribution in [1.82, 2.24) is 19.7 Å². The molecule has 1 aliphatic rings. The zero-order valence-corrected chi connectivity index (χ0v) is 16.8. The molecule has 0 unspecified atom stereocenters. The summed E-state index contributed by atoms with van der Waals surface area (Å²) in [7, 11) is 1.43. The van der Waals surface area contributed by atoms with E-state index in [0.717, 1.165) is 42.8 Å². The summed E-state index contributed by atoms with van der Waals surface area (Å²) < 4.78 is 3.77. The second-order valence-corrected chi connectivity index (χ2v) is 7.42. The Morgan fingerprint density at radius 2 is 2.07 bits per heavy atom. The van der Waals surface area contributed by atoms with E-state index < -0.39 is 17.1 Å². The Morgan fingerprint density at radius 1 is 1.39 bits per heavy atom. The highest BCUT2D eigenvalue weighted by Gasteiger charge is 2.39. The van der Waals surface area contributed by atoms with E-state index in [1.807, 2.05) is 13.8 Å². The van der Waals surface area contributed by atoms with E-state index in [1.54, 1.807) is 6.21 Å². The van der Waals surface area contributed by atoms with Gasteiger partial charge < -0.3 is 15.0 Å². The maximum absolute atomic E-state index is 12.1. The summed E-state index contributed by atoms with van der Waals surface area (Å²) in [6.07, 6.45) is 7.09. The largest absolute Gasteiger partial charge is 0.503 e. The topological polar surface area (TPSA) is 102 Å². The molecule has 0 radical (unpaired) electrons. The van der Waals surface area contributed by atoms with Crippen LogP contribution in [0.4, 0.5) is 5.82 Å². The van der Waals surface area contributed by atoms with E-state index in [9.17, 15) is 14.7 Å². The van der Waals surface area contributed by atoms with Crippen LogP contribution in [0.5, 0.6) is 5.75 Å². The lowest BCUT2D eigenvalue weighted by molar-refractivity contribution is 0.0952. The maximum Gasteiger partial charge on any atom is 0.275 e. The van der Waals surface area contributed by atoms with Crippen molar-refractivity contribution in [2.75, 3.05) is 7.05 Å². The predicted octanol–water partition coefficient (Wildman–Crippen LogP) is 2.42. The SMILES string of the molecule is CC=Nc1c(C)cc(C)n1C1(Cn2cc(O)c(=O)c(C(=O)NC)n2)CCCC1. The molecule has 1 amide bonds. The van der Waals surface area contributed by atoms with Crippen molar-refractivity contribution in [1.29, 1.82) is 0 Å². The number of hydrogen-bond acceptors (Lipinski definition) is 5. The molecular weight excluding hydrogens is 358 g/mol. The fourth-order valence-corrected chi connectivity index (χ4v) is 4.33. The van der Waals surface area contributed by atoms with E-state index >= 15 is 0 Å². The van der Waals surface area contributed by atoms with Crippen molar-refractivity contribution >= 4 is 17.9 Å².